The molecule has 0 spiro atoms. The van der Waals surface area contributed by atoms with E-state index < -0.39 is 5.91 Å². The Kier molecular flexibility index (Phi) is 4.98. The molecule has 0 saturated heterocycles. The summed E-state index contributed by atoms with van der Waals surface area (Å²) in [6.45, 7) is 0.264. The zero-order chi connectivity index (χ0) is 19.2. The first-order valence-electron chi connectivity index (χ1n) is 8.60. The van der Waals surface area contributed by atoms with Gasteiger partial charge in [-0.05, 0) is 35.0 Å². The van der Waals surface area contributed by atoms with Crippen LogP contribution in [0.1, 0.15) is 11.1 Å². The molecule has 2 aromatic heterocycles. The second-order valence-electron chi connectivity index (χ2n) is 5.87. The number of furan rings is 1. The van der Waals surface area contributed by atoms with Gasteiger partial charge in [-0.15, -0.1) is 0 Å². The molecule has 4 aromatic rings. The first-order valence-corrected chi connectivity index (χ1v) is 8.60. The zero-order valence-electron chi connectivity index (χ0n) is 14.8. The summed E-state index contributed by atoms with van der Waals surface area (Å²) < 4.78 is 10.5. The smallest absolute Gasteiger partial charge is 0.306 e. The monoisotopic (exact) mass is 369 g/mol. The van der Waals surface area contributed by atoms with Gasteiger partial charge in [-0.1, -0.05) is 54.5 Å². The predicted molar refractivity (Wildman–Crippen MR) is 103 cm³/mol. The fourth-order valence-corrected chi connectivity index (χ4v) is 2.54. The summed E-state index contributed by atoms with van der Waals surface area (Å²) in [6, 6.07) is 22.3. The lowest BCUT2D eigenvalue weighted by Crippen LogP contribution is -2.30. The van der Waals surface area contributed by atoms with Crippen molar-refractivity contribution in [2.24, 2.45) is 0 Å². The fraction of sp³-hybridized carbons (Fsp3) is 0.0455. The summed E-state index contributed by atoms with van der Waals surface area (Å²) in [6.07, 6.45) is 1.51. The summed E-state index contributed by atoms with van der Waals surface area (Å²) in [5.74, 6) is 5.85. The molecule has 0 atom stereocenters. The maximum absolute atomic E-state index is 12.8. The molecule has 0 fully saturated rings. The van der Waals surface area contributed by atoms with E-state index in [0.29, 0.717) is 5.76 Å². The molecule has 6 heteroatoms. The highest BCUT2D eigenvalue weighted by molar-refractivity contribution is 6.05. The van der Waals surface area contributed by atoms with Gasteiger partial charge in [0.1, 0.15) is 0 Å². The molecule has 0 saturated carbocycles. The van der Waals surface area contributed by atoms with Crippen molar-refractivity contribution >= 4 is 11.9 Å². The molecule has 136 valence electrons. The van der Waals surface area contributed by atoms with Crippen molar-refractivity contribution in [3.05, 3.63) is 90.2 Å². The summed E-state index contributed by atoms with van der Waals surface area (Å²) in [5.41, 5.74) is 1.67. The topological polar surface area (TPSA) is 72.4 Å². The summed E-state index contributed by atoms with van der Waals surface area (Å²) >= 11 is 0. The van der Waals surface area contributed by atoms with Crippen molar-refractivity contribution in [1.29, 1.82) is 0 Å². The lowest BCUT2D eigenvalue weighted by Gasteiger charge is -2.15. The fourth-order valence-electron chi connectivity index (χ4n) is 2.54. The molecule has 4 rings (SSSR count). The third-order valence-electron chi connectivity index (χ3n) is 3.90. The van der Waals surface area contributed by atoms with Gasteiger partial charge in [-0.3, -0.25) is 9.69 Å². The minimum absolute atomic E-state index is 0.127. The van der Waals surface area contributed by atoms with Gasteiger partial charge < -0.3 is 8.94 Å². The molecule has 1 amide bonds. The SMILES string of the molecule is O=C(C#Cc1ccccc1)N(Cc1ccccc1)c1noc(-c2ccco2)n1. The molecule has 2 heterocycles. The molecule has 0 unspecified atom stereocenters. The Labute approximate surface area is 161 Å². The highest BCUT2D eigenvalue weighted by Crippen LogP contribution is 2.21. The maximum Gasteiger partial charge on any atom is 0.306 e. The van der Waals surface area contributed by atoms with Crippen LogP contribution in [0.25, 0.3) is 11.7 Å². The van der Waals surface area contributed by atoms with Crippen LogP contribution in [0.2, 0.25) is 0 Å². The Bertz CT molecular complexity index is 1110. The van der Waals surface area contributed by atoms with Gasteiger partial charge in [-0.25, -0.2) is 0 Å². The van der Waals surface area contributed by atoms with Crippen molar-refractivity contribution in [2.45, 2.75) is 6.54 Å². The first-order chi connectivity index (χ1) is 13.8. The number of benzene rings is 2. The third-order valence-corrected chi connectivity index (χ3v) is 3.90. The molecule has 0 N–H and O–H groups in total. The number of carbonyl (C=O) groups is 1. The van der Waals surface area contributed by atoms with Crippen molar-refractivity contribution < 1.29 is 13.7 Å². The Morgan fingerprint density at radius 1 is 0.964 bits per heavy atom. The van der Waals surface area contributed by atoms with E-state index in [1.807, 2.05) is 60.7 Å². The van der Waals surface area contributed by atoms with Crippen LogP contribution in [0.5, 0.6) is 0 Å². The van der Waals surface area contributed by atoms with E-state index in [1.165, 1.54) is 11.2 Å². The van der Waals surface area contributed by atoms with Crippen LogP contribution < -0.4 is 4.90 Å². The van der Waals surface area contributed by atoms with Crippen molar-refractivity contribution in [3.8, 4) is 23.5 Å². The summed E-state index contributed by atoms with van der Waals surface area (Å²) in [5, 5.41) is 3.94. The van der Waals surface area contributed by atoms with Crippen molar-refractivity contribution in [1.82, 2.24) is 10.1 Å². The van der Waals surface area contributed by atoms with Crippen LogP contribution >= 0.6 is 0 Å². The quantitative estimate of drug-likeness (QED) is 0.510. The molecule has 0 aliphatic rings. The summed E-state index contributed by atoms with van der Waals surface area (Å²) in [7, 11) is 0. The molecule has 0 aliphatic heterocycles. The number of aromatic nitrogens is 2. The number of amides is 1. The number of rotatable bonds is 4. The Hall–Kier alpha value is -4.11. The average molecular weight is 369 g/mol. The van der Waals surface area contributed by atoms with E-state index in [-0.39, 0.29) is 18.4 Å². The predicted octanol–water partition coefficient (Wildman–Crippen LogP) is 3.91. The normalized spacial score (nSPS) is 10.1. The number of hydrogen-bond donors (Lipinski definition) is 0. The van der Waals surface area contributed by atoms with E-state index in [0.717, 1.165) is 11.1 Å². The molecule has 0 aliphatic carbocycles. The number of anilines is 1. The highest BCUT2D eigenvalue weighted by Gasteiger charge is 2.22. The minimum Gasteiger partial charge on any atom is -0.459 e. The van der Waals surface area contributed by atoms with Gasteiger partial charge in [0, 0.05) is 11.5 Å². The van der Waals surface area contributed by atoms with Crippen LogP contribution in [-0.2, 0) is 11.3 Å². The van der Waals surface area contributed by atoms with Gasteiger partial charge in [0.25, 0.3) is 11.8 Å². The zero-order valence-corrected chi connectivity index (χ0v) is 14.8. The number of nitrogens with zero attached hydrogens (tertiary/aromatic N) is 3. The van der Waals surface area contributed by atoms with Gasteiger partial charge in [0.2, 0.25) is 0 Å². The van der Waals surface area contributed by atoms with Crippen molar-refractivity contribution in [2.75, 3.05) is 4.90 Å². The van der Waals surface area contributed by atoms with Crippen molar-refractivity contribution in [3.63, 3.8) is 0 Å². The standard InChI is InChI=1S/C22H15N3O3/c26-20(14-13-17-8-3-1-4-9-17)25(16-18-10-5-2-6-11-18)22-23-21(28-24-22)19-12-7-15-27-19/h1-12,15H,16H2. The summed E-state index contributed by atoms with van der Waals surface area (Å²) in [4.78, 5) is 18.5. The Morgan fingerprint density at radius 2 is 1.71 bits per heavy atom. The average Bonchev–Trinajstić information content (AvgIpc) is 3.43. The van der Waals surface area contributed by atoms with E-state index in [2.05, 4.69) is 22.0 Å². The first kappa shape index (κ1) is 17.3. The van der Waals surface area contributed by atoms with E-state index in [9.17, 15) is 4.79 Å². The second-order valence-corrected chi connectivity index (χ2v) is 5.87. The maximum atomic E-state index is 12.8. The minimum atomic E-state index is -0.431. The van der Waals surface area contributed by atoms with Crippen LogP contribution in [0.15, 0.2) is 88.0 Å². The van der Waals surface area contributed by atoms with Crippen LogP contribution in [-0.4, -0.2) is 16.0 Å². The highest BCUT2D eigenvalue weighted by atomic mass is 16.5. The second kappa shape index (κ2) is 8.06. The molecule has 2 aromatic carbocycles. The number of hydrogen-bond acceptors (Lipinski definition) is 5. The lowest BCUT2D eigenvalue weighted by molar-refractivity contribution is -0.113. The lowest BCUT2D eigenvalue weighted by atomic mass is 10.2. The van der Waals surface area contributed by atoms with Crippen LogP contribution in [0, 0.1) is 11.8 Å². The molecule has 6 nitrogen and oxygen atoms in total. The third kappa shape index (κ3) is 4.00. The van der Waals surface area contributed by atoms with Gasteiger partial charge in [0.05, 0.1) is 12.8 Å². The van der Waals surface area contributed by atoms with Gasteiger partial charge >= 0.3 is 5.91 Å². The largest absolute Gasteiger partial charge is 0.459 e. The van der Waals surface area contributed by atoms with Crippen LogP contribution in [0.4, 0.5) is 5.95 Å². The van der Waals surface area contributed by atoms with Gasteiger partial charge in [0.15, 0.2) is 5.76 Å². The Morgan fingerprint density at radius 3 is 2.43 bits per heavy atom. The molecule has 0 radical (unpaired) electrons. The molecule has 28 heavy (non-hydrogen) atoms. The molecular formula is C22H15N3O3. The van der Waals surface area contributed by atoms with Gasteiger partial charge in [-0.2, -0.15) is 4.98 Å². The van der Waals surface area contributed by atoms with E-state index >= 15 is 0 Å². The number of carbonyl (C=O) groups excluding carboxylic acids is 1. The van der Waals surface area contributed by atoms with E-state index in [1.54, 1.807) is 12.1 Å². The van der Waals surface area contributed by atoms with E-state index in [4.69, 9.17) is 8.94 Å². The molecular weight excluding hydrogens is 354 g/mol. The Balaban J connectivity index is 1.64. The molecule has 0 bridgehead atoms. The van der Waals surface area contributed by atoms with Crippen LogP contribution in [0.3, 0.4) is 0 Å².